The number of aryl methyl sites for hydroxylation is 3. The second kappa shape index (κ2) is 2.42. The molecule has 0 atom stereocenters. The van der Waals surface area contributed by atoms with Crippen LogP contribution in [0.1, 0.15) is 17.2 Å². The minimum absolute atomic E-state index is 0.546. The van der Waals surface area contributed by atoms with E-state index in [4.69, 9.17) is 0 Å². The minimum atomic E-state index is 0.546. The maximum Gasteiger partial charge on any atom is 0.188 e. The van der Waals surface area contributed by atoms with Gasteiger partial charge in [0.1, 0.15) is 5.82 Å². The van der Waals surface area contributed by atoms with E-state index in [2.05, 4.69) is 15.1 Å². The molecule has 0 amide bonds. The van der Waals surface area contributed by atoms with Crippen molar-refractivity contribution in [3.8, 4) is 0 Å². The Morgan fingerprint density at radius 1 is 1.15 bits per heavy atom. The Hall–Kier alpha value is -1.65. The zero-order valence-corrected chi connectivity index (χ0v) is 7.74. The van der Waals surface area contributed by atoms with E-state index in [1.54, 1.807) is 13.8 Å². The average Bonchev–Trinajstić information content (AvgIpc) is 2.27. The van der Waals surface area contributed by atoms with Crippen LogP contribution >= 0.6 is 0 Å². The van der Waals surface area contributed by atoms with Crippen molar-refractivity contribution in [1.29, 1.82) is 0 Å². The summed E-state index contributed by atoms with van der Waals surface area (Å²) >= 11 is 0. The lowest BCUT2D eigenvalue weighted by atomic mass is 10.2. The summed E-state index contributed by atoms with van der Waals surface area (Å²) in [6, 6.07) is 0. The van der Waals surface area contributed by atoms with Crippen molar-refractivity contribution in [2.24, 2.45) is 0 Å². The molecule has 1 N–H and O–H groups in total. The fourth-order valence-corrected chi connectivity index (χ4v) is 1.46. The lowest BCUT2D eigenvalue weighted by Gasteiger charge is -1.96. The SMILES string of the molecule is Cc1nc(C)c2c(C)n(O)nc2n1. The summed E-state index contributed by atoms with van der Waals surface area (Å²) in [7, 11) is 0. The number of hydrogen-bond donors (Lipinski definition) is 1. The van der Waals surface area contributed by atoms with E-state index in [9.17, 15) is 5.21 Å². The summed E-state index contributed by atoms with van der Waals surface area (Å²) in [5.74, 6) is 0.670. The molecule has 0 spiro atoms. The van der Waals surface area contributed by atoms with E-state index in [1.165, 1.54) is 0 Å². The van der Waals surface area contributed by atoms with Gasteiger partial charge in [0, 0.05) is 0 Å². The highest BCUT2D eigenvalue weighted by Gasteiger charge is 2.11. The molecule has 0 aromatic carbocycles. The third-order valence-corrected chi connectivity index (χ3v) is 2.03. The molecular formula is C8H10N4O. The molecule has 0 unspecified atom stereocenters. The Morgan fingerprint density at radius 2 is 1.85 bits per heavy atom. The first kappa shape index (κ1) is 7.97. The van der Waals surface area contributed by atoms with Crippen LogP contribution in [0.5, 0.6) is 0 Å². The van der Waals surface area contributed by atoms with Crippen molar-refractivity contribution in [3.05, 3.63) is 17.2 Å². The van der Waals surface area contributed by atoms with Gasteiger partial charge in [-0.15, -0.1) is 9.94 Å². The topological polar surface area (TPSA) is 63.8 Å². The largest absolute Gasteiger partial charge is 0.411 e. The van der Waals surface area contributed by atoms with E-state index in [0.717, 1.165) is 15.9 Å². The van der Waals surface area contributed by atoms with Crippen molar-refractivity contribution in [3.63, 3.8) is 0 Å². The molecule has 0 aliphatic heterocycles. The first-order chi connectivity index (χ1) is 6.09. The maximum atomic E-state index is 9.30. The maximum absolute atomic E-state index is 9.30. The van der Waals surface area contributed by atoms with Gasteiger partial charge in [-0.1, -0.05) is 0 Å². The molecule has 2 heterocycles. The van der Waals surface area contributed by atoms with Crippen LogP contribution < -0.4 is 0 Å². The number of nitrogens with zero attached hydrogens (tertiary/aromatic N) is 4. The third-order valence-electron chi connectivity index (χ3n) is 2.03. The predicted octanol–water partition coefficient (Wildman–Crippen LogP) is 0.989. The average molecular weight is 178 g/mol. The number of hydrogen-bond acceptors (Lipinski definition) is 4. The molecule has 0 aliphatic rings. The van der Waals surface area contributed by atoms with Crippen LogP contribution in [0.25, 0.3) is 11.0 Å². The van der Waals surface area contributed by atoms with Crippen molar-refractivity contribution < 1.29 is 5.21 Å². The molecule has 0 saturated heterocycles. The van der Waals surface area contributed by atoms with Crippen molar-refractivity contribution in [2.45, 2.75) is 20.8 Å². The quantitative estimate of drug-likeness (QED) is 0.611. The zero-order chi connectivity index (χ0) is 9.59. The zero-order valence-electron chi connectivity index (χ0n) is 7.74. The third kappa shape index (κ3) is 1.04. The van der Waals surface area contributed by atoms with Gasteiger partial charge in [-0.3, -0.25) is 0 Å². The molecule has 5 heteroatoms. The minimum Gasteiger partial charge on any atom is -0.411 e. The van der Waals surface area contributed by atoms with Gasteiger partial charge in [0.05, 0.1) is 16.8 Å². The summed E-state index contributed by atoms with van der Waals surface area (Å²) in [6.07, 6.45) is 0. The molecule has 68 valence electrons. The highest BCUT2D eigenvalue weighted by molar-refractivity contribution is 5.79. The molecule has 2 aromatic heterocycles. The lowest BCUT2D eigenvalue weighted by molar-refractivity contribution is 0.144. The second-order valence-electron chi connectivity index (χ2n) is 3.03. The second-order valence-corrected chi connectivity index (χ2v) is 3.03. The van der Waals surface area contributed by atoms with E-state index in [1.807, 2.05) is 6.92 Å². The normalized spacial score (nSPS) is 11.0. The van der Waals surface area contributed by atoms with E-state index < -0.39 is 0 Å². The Kier molecular flexibility index (Phi) is 1.48. The number of rotatable bonds is 0. The van der Waals surface area contributed by atoms with Crippen LogP contribution in [0.15, 0.2) is 0 Å². The van der Waals surface area contributed by atoms with Gasteiger partial charge >= 0.3 is 0 Å². The van der Waals surface area contributed by atoms with Gasteiger partial charge in [-0.2, -0.15) is 0 Å². The van der Waals surface area contributed by atoms with Crippen LogP contribution in [-0.4, -0.2) is 25.1 Å². The van der Waals surface area contributed by atoms with Crippen molar-refractivity contribution in [2.75, 3.05) is 0 Å². The molecule has 5 nitrogen and oxygen atoms in total. The molecule has 0 bridgehead atoms. The fourth-order valence-electron chi connectivity index (χ4n) is 1.46. The molecule has 2 aromatic rings. The molecule has 0 radical (unpaired) electrons. The van der Waals surface area contributed by atoms with E-state index in [0.29, 0.717) is 17.2 Å². The van der Waals surface area contributed by atoms with Crippen LogP contribution in [0.3, 0.4) is 0 Å². The summed E-state index contributed by atoms with van der Waals surface area (Å²) in [6.45, 7) is 5.46. The van der Waals surface area contributed by atoms with Gasteiger partial charge in [0.25, 0.3) is 0 Å². The van der Waals surface area contributed by atoms with Gasteiger partial charge in [0.15, 0.2) is 5.65 Å². The lowest BCUT2D eigenvalue weighted by Crippen LogP contribution is -1.93. The molecule has 2 rings (SSSR count). The van der Waals surface area contributed by atoms with Gasteiger partial charge in [-0.25, -0.2) is 9.97 Å². The van der Waals surface area contributed by atoms with Gasteiger partial charge < -0.3 is 5.21 Å². The van der Waals surface area contributed by atoms with Crippen LogP contribution in [-0.2, 0) is 0 Å². The van der Waals surface area contributed by atoms with Crippen LogP contribution in [0, 0.1) is 20.8 Å². The van der Waals surface area contributed by atoms with E-state index >= 15 is 0 Å². The van der Waals surface area contributed by atoms with Gasteiger partial charge in [0.2, 0.25) is 0 Å². The smallest absolute Gasteiger partial charge is 0.188 e. The first-order valence-corrected chi connectivity index (χ1v) is 3.99. The van der Waals surface area contributed by atoms with Gasteiger partial charge in [-0.05, 0) is 20.8 Å². The molecule has 0 aliphatic carbocycles. The molecule has 0 fully saturated rings. The monoisotopic (exact) mass is 178 g/mol. The predicted molar refractivity (Wildman–Crippen MR) is 46.7 cm³/mol. The molecule has 0 saturated carbocycles. The summed E-state index contributed by atoms with van der Waals surface area (Å²) in [5, 5.41) is 14.0. The van der Waals surface area contributed by atoms with Crippen LogP contribution in [0.4, 0.5) is 0 Å². The Labute approximate surface area is 75.0 Å². The fraction of sp³-hybridized carbons (Fsp3) is 0.375. The van der Waals surface area contributed by atoms with Crippen molar-refractivity contribution >= 4 is 11.0 Å². The standard InChI is InChI=1S/C8H10N4O/c1-4-7-5(2)12(13)11-8(7)10-6(3)9-4/h13H,1-3H3. The van der Waals surface area contributed by atoms with E-state index in [-0.39, 0.29) is 0 Å². The number of fused-ring (bicyclic) bond motifs is 1. The Bertz CT molecular complexity index is 474. The summed E-state index contributed by atoms with van der Waals surface area (Å²) in [5.41, 5.74) is 2.07. The highest BCUT2D eigenvalue weighted by Crippen LogP contribution is 2.17. The van der Waals surface area contributed by atoms with Crippen molar-refractivity contribution in [1.82, 2.24) is 19.9 Å². The van der Waals surface area contributed by atoms with Crippen LogP contribution in [0.2, 0.25) is 0 Å². The Morgan fingerprint density at radius 3 is 2.54 bits per heavy atom. The highest BCUT2D eigenvalue weighted by atomic mass is 16.5. The molecule has 13 heavy (non-hydrogen) atoms. The summed E-state index contributed by atoms with van der Waals surface area (Å²) < 4.78 is 0. The molecular weight excluding hydrogens is 168 g/mol. The first-order valence-electron chi connectivity index (χ1n) is 3.99. The Balaban J connectivity index is 2.94. The number of aromatic nitrogens is 4. The summed E-state index contributed by atoms with van der Waals surface area (Å²) in [4.78, 5) is 9.15.